The predicted molar refractivity (Wildman–Crippen MR) is 136 cm³/mol. The largest absolute Gasteiger partial charge is 0.376 e. The Kier molecular flexibility index (Phi) is 8.40. The molecule has 0 saturated carbocycles. The molecule has 176 valence electrons. The number of hydrogen-bond donors (Lipinski definition) is 4. The quantitative estimate of drug-likeness (QED) is 0.367. The van der Waals surface area contributed by atoms with Gasteiger partial charge in [0.2, 0.25) is 11.8 Å². The van der Waals surface area contributed by atoms with Crippen molar-refractivity contribution in [2.75, 3.05) is 22.5 Å². The van der Waals surface area contributed by atoms with Gasteiger partial charge >= 0.3 is 0 Å². The van der Waals surface area contributed by atoms with Crippen molar-refractivity contribution < 1.29 is 14.4 Å². The highest BCUT2D eigenvalue weighted by atomic mass is 16.2. The molecule has 0 spiro atoms. The van der Waals surface area contributed by atoms with Gasteiger partial charge in [-0.1, -0.05) is 43.3 Å². The van der Waals surface area contributed by atoms with Crippen LogP contribution < -0.4 is 21.3 Å². The zero-order chi connectivity index (χ0) is 24.5. The fraction of sp³-hybridized carbons (Fsp3) is 0.222. The second kappa shape index (κ2) is 11.7. The Labute approximate surface area is 200 Å². The molecular weight excluding hydrogens is 428 g/mol. The van der Waals surface area contributed by atoms with Crippen molar-refractivity contribution in [3.8, 4) is 0 Å². The van der Waals surface area contributed by atoms with Crippen LogP contribution >= 0.6 is 0 Å². The van der Waals surface area contributed by atoms with Gasteiger partial charge in [-0.25, -0.2) is 0 Å². The molecule has 0 fully saturated rings. The molecular formula is C27H30N4O3. The summed E-state index contributed by atoms with van der Waals surface area (Å²) in [6, 6.07) is 22.0. The smallest absolute Gasteiger partial charge is 0.251 e. The zero-order valence-corrected chi connectivity index (χ0v) is 19.6. The summed E-state index contributed by atoms with van der Waals surface area (Å²) in [5, 5.41) is 11.7. The van der Waals surface area contributed by atoms with Crippen molar-refractivity contribution in [3.63, 3.8) is 0 Å². The van der Waals surface area contributed by atoms with E-state index in [9.17, 15) is 14.4 Å². The molecule has 1 atom stereocenters. The van der Waals surface area contributed by atoms with E-state index in [1.165, 1.54) is 0 Å². The maximum atomic E-state index is 12.5. The molecule has 34 heavy (non-hydrogen) atoms. The third-order valence-corrected chi connectivity index (χ3v) is 5.45. The Morgan fingerprint density at radius 2 is 1.41 bits per heavy atom. The summed E-state index contributed by atoms with van der Waals surface area (Å²) in [6.45, 7) is 5.63. The van der Waals surface area contributed by atoms with Crippen LogP contribution in [-0.2, 0) is 9.59 Å². The number of anilines is 3. The fourth-order valence-corrected chi connectivity index (χ4v) is 3.37. The Morgan fingerprint density at radius 3 is 2.03 bits per heavy atom. The molecule has 0 aromatic heterocycles. The molecule has 0 radical (unpaired) electrons. The molecule has 0 saturated heterocycles. The van der Waals surface area contributed by atoms with Crippen LogP contribution in [0.2, 0.25) is 0 Å². The lowest BCUT2D eigenvalue weighted by molar-refractivity contribution is -0.116. The van der Waals surface area contributed by atoms with E-state index in [4.69, 9.17) is 0 Å². The first kappa shape index (κ1) is 24.5. The number of carbonyl (C=O) groups excluding carboxylic acids is 3. The van der Waals surface area contributed by atoms with Gasteiger partial charge in [0, 0.05) is 29.0 Å². The lowest BCUT2D eigenvalue weighted by atomic mass is 10.1. The minimum atomic E-state index is -0.222. The van der Waals surface area contributed by atoms with Crippen LogP contribution in [0.4, 0.5) is 17.1 Å². The minimum Gasteiger partial charge on any atom is -0.376 e. The molecule has 3 amide bonds. The molecule has 3 aromatic rings. The van der Waals surface area contributed by atoms with Crippen LogP contribution in [0.15, 0.2) is 72.8 Å². The standard InChI is InChI=1S/C27H30N4O3/c1-4-25(32)30-23-11-8-12-24(18(23)2)31-26(33)17-28-22-15-13-21(14-16-22)27(34)29-19(3)20-9-6-5-7-10-20/h5-16,19,28H,4,17H2,1-3H3,(H,29,34)(H,30,32)(H,31,33). The van der Waals surface area contributed by atoms with Gasteiger partial charge < -0.3 is 21.3 Å². The van der Waals surface area contributed by atoms with Gasteiger partial charge in [-0.15, -0.1) is 0 Å². The van der Waals surface area contributed by atoms with Gasteiger partial charge in [0.05, 0.1) is 12.6 Å². The number of carbonyl (C=O) groups is 3. The minimum absolute atomic E-state index is 0.0571. The molecule has 0 aliphatic heterocycles. The zero-order valence-electron chi connectivity index (χ0n) is 19.6. The van der Waals surface area contributed by atoms with Gasteiger partial charge in [-0.2, -0.15) is 0 Å². The van der Waals surface area contributed by atoms with Crippen molar-refractivity contribution in [2.24, 2.45) is 0 Å². The number of rotatable bonds is 9. The Bertz CT molecular complexity index is 1140. The van der Waals surface area contributed by atoms with Crippen molar-refractivity contribution in [1.82, 2.24) is 5.32 Å². The van der Waals surface area contributed by atoms with Crippen LogP contribution in [-0.4, -0.2) is 24.3 Å². The molecule has 0 aliphatic rings. The molecule has 3 aromatic carbocycles. The summed E-state index contributed by atoms with van der Waals surface area (Å²) in [4.78, 5) is 36.6. The molecule has 7 nitrogen and oxygen atoms in total. The van der Waals surface area contributed by atoms with Crippen LogP contribution in [0.1, 0.15) is 47.8 Å². The first-order valence-electron chi connectivity index (χ1n) is 11.3. The molecule has 0 aliphatic carbocycles. The highest BCUT2D eigenvalue weighted by Crippen LogP contribution is 2.23. The summed E-state index contributed by atoms with van der Waals surface area (Å²) in [5.41, 5.74) is 4.41. The topological polar surface area (TPSA) is 99.3 Å². The lowest BCUT2D eigenvalue weighted by Crippen LogP contribution is -2.26. The predicted octanol–water partition coefficient (Wildman–Crippen LogP) is 4.89. The van der Waals surface area contributed by atoms with E-state index in [0.29, 0.717) is 23.4 Å². The summed E-state index contributed by atoms with van der Waals surface area (Å²) < 4.78 is 0. The number of hydrogen-bond acceptors (Lipinski definition) is 4. The Hall–Kier alpha value is -4.13. The van der Waals surface area contributed by atoms with E-state index < -0.39 is 0 Å². The average Bonchev–Trinajstić information content (AvgIpc) is 2.85. The van der Waals surface area contributed by atoms with E-state index in [1.807, 2.05) is 44.2 Å². The summed E-state index contributed by atoms with van der Waals surface area (Å²) in [7, 11) is 0. The average molecular weight is 459 g/mol. The lowest BCUT2D eigenvalue weighted by Gasteiger charge is -2.15. The van der Waals surface area contributed by atoms with E-state index >= 15 is 0 Å². The molecule has 7 heteroatoms. The highest BCUT2D eigenvalue weighted by molar-refractivity contribution is 5.97. The maximum absolute atomic E-state index is 12.5. The van der Waals surface area contributed by atoms with E-state index in [0.717, 1.165) is 16.8 Å². The normalized spacial score (nSPS) is 11.3. The van der Waals surface area contributed by atoms with Gasteiger partial charge in [-0.05, 0) is 61.4 Å². The Balaban J connectivity index is 1.52. The third-order valence-electron chi connectivity index (χ3n) is 5.45. The summed E-state index contributed by atoms with van der Waals surface area (Å²) in [5.74, 6) is -0.466. The monoisotopic (exact) mass is 458 g/mol. The van der Waals surface area contributed by atoms with Gasteiger partial charge in [0.15, 0.2) is 0 Å². The van der Waals surface area contributed by atoms with Crippen molar-refractivity contribution in [2.45, 2.75) is 33.2 Å². The first-order valence-corrected chi connectivity index (χ1v) is 11.3. The van der Waals surface area contributed by atoms with E-state index in [-0.39, 0.29) is 30.3 Å². The molecule has 0 heterocycles. The molecule has 0 bridgehead atoms. The van der Waals surface area contributed by atoms with E-state index in [2.05, 4.69) is 21.3 Å². The third kappa shape index (κ3) is 6.68. The molecule has 3 rings (SSSR count). The van der Waals surface area contributed by atoms with Crippen molar-refractivity contribution in [3.05, 3.63) is 89.5 Å². The van der Waals surface area contributed by atoms with E-state index in [1.54, 1.807) is 49.4 Å². The van der Waals surface area contributed by atoms with Crippen LogP contribution in [0.3, 0.4) is 0 Å². The second-order valence-electron chi connectivity index (χ2n) is 7.96. The summed E-state index contributed by atoms with van der Waals surface area (Å²) in [6.07, 6.45) is 0.381. The fourth-order valence-electron chi connectivity index (χ4n) is 3.37. The molecule has 1 unspecified atom stereocenters. The summed E-state index contributed by atoms with van der Waals surface area (Å²) >= 11 is 0. The van der Waals surface area contributed by atoms with Crippen molar-refractivity contribution in [1.29, 1.82) is 0 Å². The van der Waals surface area contributed by atoms with Crippen LogP contribution in [0.5, 0.6) is 0 Å². The SMILES string of the molecule is CCC(=O)Nc1cccc(NC(=O)CNc2ccc(C(=O)NC(C)c3ccccc3)cc2)c1C. The first-order chi connectivity index (χ1) is 16.4. The maximum Gasteiger partial charge on any atom is 0.251 e. The Morgan fingerprint density at radius 1 is 0.794 bits per heavy atom. The number of nitrogens with one attached hydrogen (secondary N) is 4. The van der Waals surface area contributed by atoms with Gasteiger partial charge in [0.1, 0.15) is 0 Å². The highest BCUT2D eigenvalue weighted by Gasteiger charge is 2.12. The molecule has 4 N–H and O–H groups in total. The van der Waals surface area contributed by atoms with Crippen LogP contribution in [0.25, 0.3) is 0 Å². The van der Waals surface area contributed by atoms with Gasteiger partial charge in [-0.3, -0.25) is 14.4 Å². The number of benzene rings is 3. The van der Waals surface area contributed by atoms with Crippen LogP contribution in [0, 0.1) is 6.92 Å². The van der Waals surface area contributed by atoms with Gasteiger partial charge in [0.25, 0.3) is 5.91 Å². The van der Waals surface area contributed by atoms with Crippen molar-refractivity contribution >= 4 is 34.8 Å². The second-order valence-corrected chi connectivity index (χ2v) is 7.96. The number of amides is 3.